The van der Waals surface area contributed by atoms with Crippen molar-refractivity contribution < 1.29 is 19.0 Å². The fourth-order valence-electron chi connectivity index (χ4n) is 3.83. The van der Waals surface area contributed by atoms with E-state index in [2.05, 4.69) is 10.1 Å². The first-order chi connectivity index (χ1) is 15.0. The smallest absolute Gasteiger partial charge is 0.325 e. The number of thioether (sulfide) groups is 1. The Balaban J connectivity index is 2.12. The zero-order valence-corrected chi connectivity index (χ0v) is 18.5. The SMILES string of the molecule is CCC(=O)N1c2ccccc2-c2c(=O)[nH]c(SC)n[n+]2[C@@H]1c1cc(OC)ccc1OC. The van der Waals surface area contributed by atoms with Crippen LogP contribution in [0.3, 0.4) is 0 Å². The van der Waals surface area contributed by atoms with E-state index in [1.54, 1.807) is 35.9 Å². The summed E-state index contributed by atoms with van der Waals surface area (Å²) in [6.45, 7) is 1.81. The first kappa shape index (κ1) is 20.9. The van der Waals surface area contributed by atoms with Crippen LogP contribution in [0.1, 0.15) is 25.1 Å². The van der Waals surface area contributed by atoms with Crippen LogP contribution in [-0.2, 0) is 4.79 Å². The number of benzene rings is 2. The van der Waals surface area contributed by atoms with E-state index in [0.29, 0.717) is 39.2 Å². The number of carbonyl (C=O) groups is 1. The number of H-pyrrole nitrogens is 1. The maximum atomic E-state index is 13.2. The molecule has 0 fully saturated rings. The largest absolute Gasteiger partial charge is 0.497 e. The number of carbonyl (C=O) groups excluding carboxylic acids is 1. The summed E-state index contributed by atoms with van der Waals surface area (Å²) in [5, 5.41) is 5.13. The van der Waals surface area contributed by atoms with Gasteiger partial charge in [-0.2, -0.15) is 0 Å². The molecule has 160 valence electrons. The molecule has 1 N–H and O–H groups in total. The predicted molar refractivity (Wildman–Crippen MR) is 118 cm³/mol. The topological polar surface area (TPSA) is 88.4 Å². The van der Waals surface area contributed by atoms with E-state index in [9.17, 15) is 9.59 Å². The van der Waals surface area contributed by atoms with Crippen molar-refractivity contribution in [3.05, 3.63) is 58.4 Å². The quantitative estimate of drug-likeness (QED) is 0.486. The van der Waals surface area contributed by atoms with Gasteiger partial charge in [-0.3, -0.25) is 14.6 Å². The van der Waals surface area contributed by atoms with Gasteiger partial charge in [0.15, 0.2) is 0 Å². The van der Waals surface area contributed by atoms with Gasteiger partial charge in [0.2, 0.25) is 11.1 Å². The summed E-state index contributed by atoms with van der Waals surface area (Å²) in [5.41, 5.74) is 2.05. The fraction of sp³-hybridized carbons (Fsp3) is 0.273. The van der Waals surface area contributed by atoms with E-state index < -0.39 is 6.17 Å². The third-order valence-electron chi connectivity index (χ3n) is 5.24. The maximum Gasteiger partial charge on any atom is 0.325 e. The molecule has 2 aromatic carbocycles. The van der Waals surface area contributed by atoms with Crippen molar-refractivity contribution in [2.45, 2.75) is 24.7 Å². The summed E-state index contributed by atoms with van der Waals surface area (Å²) < 4.78 is 12.7. The number of aromatic amines is 1. The number of ether oxygens (including phenoxy) is 2. The summed E-state index contributed by atoms with van der Waals surface area (Å²) in [5.74, 6) is 1.06. The minimum atomic E-state index is -0.726. The van der Waals surface area contributed by atoms with Crippen molar-refractivity contribution in [2.24, 2.45) is 0 Å². The predicted octanol–water partition coefficient (Wildman–Crippen LogP) is 2.77. The lowest BCUT2D eigenvalue weighted by Gasteiger charge is -2.32. The zero-order chi connectivity index (χ0) is 22.1. The van der Waals surface area contributed by atoms with E-state index >= 15 is 0 Å². The van der Waals surface area contributed by atoms with Gasteiger partial charge in [0.25, 0.3) is 6.17 Å². The Morgan fingerprint density at radius 3 is 2.68 bits per heavy atom. The van der Waals surface area contributed by atoms with Crippen LogP contribution in [0.15, 0.2) is 52.4 Å². The molecular formula is C22H23N4O4S+. The minimum Gasteiger partial charge on any atom is -0.497 e. The van der Waals surface area contributed by atoms with Gasteiger partial charge in [-0.05, 0) is 41.3 Å². The first-order valence-electron chi connectivity index (χ1n) is 9.77. The molecule has 31 heavy (non-hydrogen) atoms. The van der Waals surface area contributed by atoms with Crippen molar-refractivity contribution in [1.82, 2.24) is 10.1 Å². The third-order valence-corrected chi connectivity index (χ3v) is 5.81. The Hall–Kier alpha value is -3.33. The van der Waals surface area contributed by atoms with E-state index in [4.69, 9.17) is 9.47 Å². The number of hydrogen-bond acceptors (Lipinski definition) is 6. The molecule has 1 aliphatic rings. The molecule has 0 aliphatic carbocycles. The van der Waals surface area contributed by atoms with E-state index in [0.717, 1.165) is 0 Å². The summed E-state index contributed by atoms with van der Waals surface area (Å²) >= 11 is 1.32. The number of para-hydroxylation sites is 1. The number of anilines is 1. The molecule has 0 spiro atoms. The lowest BCUT2D eigenvalue weighted by molar-refractivity contribution is -0.763. The number of aromatic nitrogens is 3. The first-order valence-corrected chi connectivity index (χ1v) is 11.0. The second-order valence-electron chi connectivity index (χ2n) is 6.87. The van der Waals surface area contributed by atoms with Gasteiger partial charge in [0.1, 0.15) is 11.5 Å². The van der Waals surface area contributed by atoms with Gasteiger partial charge in [-0.15, -0.1) is 0 Å². The molecule has 0 saturated carbocycles. The van der Waals surface area contributed by atoms with Crippen LogP contribution in [0.25, 0.3) is 11.3 Å². The standard InChI is InChI=1S/C22H22N4O4S/c1-5-18(27)25-16-9-7-6-8-14(16)19-20(28)23-22(31-4)24-26(19)21(25)15-12-13(29-2)10-11-17(15)30-3/h6-12,21H,5H2,1-4H3/p+1/t21-/m1/s1. The Labute approximate surface area is 183 Å². The molecule has 1 amide bonds. The van der Waals surface area contributed by atoms with E-state index in [1.807, 2.05) is 43.5 Å². The molecule has 4 rings (SSSR count). The van der Waals surface area contributed by atoms with Gasteiger partial charge in [-0.1, -0.05) is 30.8 Å². The molecule has 8 nitrogen and oxygen atoms in total. The maximum absolute atomic E-state index is 13.2. The van der Waals surface area contributed by atoms with E-state index in [-0.39, 0.29) is 17.9 Å². The van der Waals surface area contributed by atoms with Crippen molar-refractivity contribution in [1.29, 1.82) is 0 Å². The summed E-state index contributed by atoms with van der Waals surface area (Å²) in [6, 6.07) is 12.7. The zero-order valence-electron chi connectivity index (χ0n) is 17.7. The Morgan fingerprint density at radius 1 is 1.23 bits per heavy atom. The monoisotopic (exact) mass is 439 g/mol. The number of hydrogen-bond donors (Lipinski definition) is 1. The number of nitrogens with one attached hydrogen (secondary N) is 1. The molecule has 1 atom stereocenters. The molecule has 0 radical (unpaired) electrons. The highest BCUT2D eigenvalue weighted by Gasteiger charge is 2.46. The molecule has 1 aromatic heterocycles. The van der Waals surface area contributed by atoms with Gasteiger partial charge < -0.3 is 9.47 Å². The van der Waals surface area contributed by atoms with Gasteiger partial charge in [0, 0.05) is 11.5 Å². The lowest BCUT2D eigenvalue weighted by Crippen LogP contribution is -2.60. The number of amides is 1. The Bertz CT molecular complexity index is 1210. The molecule has 0 bridgehead atoms. The van der Waals surface area contributed by atoms with Crippen LogP contribution >= 0.6 is 11.8 Å². The highest BCUT2D eigenvalue weighted by molar-refractivity contribution is 7.98. The molecule has 9 heteroatoms. The van der Waals surface area contributed by atoms with Crippen molar-refractivity contribution >= 4 is 23.4 Å². The second-order valence-corrected chi connectivity index (χ2v) is 7.67. The Morgan fingerprint density at radius 2 is 2.00 bits per heavy atom. The van der Waals surface area contributed by atoms with Gasteiger partial charge in [-0.25, -0.2) is 4.90 Å². The second kappa shape index (κ2) is 8.43. The average Bonchev–Trinajstić information content (AvgIpc) is 2.81. The molecule has 0 saturated heterocycles. The highest BCUT2D eigenvalue weighted by Crippen LogP contribution is 2.40. The summed E-state index contributed by atoms with van der Waals surface area (Å²) in [7, 11) is 3.14. The van der Waals surface area contributed by atoms with Gasteiger partial charge in [0.05, 0.1) is 31.0 Å². The minimum absolute atomic E-state index is 0.103. The lowest BCUT2D eigenvalue weighted by atomic mass is 10.0. The van der Waals surface area contributed by atoms with Crippen LogP contribution in [0.5, 0.6) is 11.5 Å². The highest BCUT2D eigenvalue weighted by atomic mass is 32.2. The van der Waals surface area contributed by atoms with Crippen molar-refractivity contribution in [2.75, 3.05) is 25.4 Å². The molecule has 3 aromatic rings. The number of methoxy groups -OCH3 is 2. The van der Waals surface area contributed by atoms with Crippen molar-refractivity contribution in [3.8, 4) is 22.8 Å². The molecule has 1 aliphatic heterocycles. The van der Waals surface area contributed by atoms with Crippen LogP contribution in [0.4, 0.5) is 5.69 Å². The molecular weight excluding hydrogens is 416 g/mol. The van der Waals surface area contributed by atoms with Crippen molar-refractivity contribution in [3.63, 3.8) is 0 Å². The number of fused-ring (bicyclic) bond motifs is 3. The normalized spacial score (nSPS) is 14.6. The van der Waals surface area contributed by atoms with Crippen LogP contribution in [-0.4, -0.2) is 36.5 Å². The number of nitrogens with zero attached hydrogens (tertiary/aromatic N) is 3. The fourth-order valence-corrected chi connectivity index (χ4v) is 4.19. The summed E-state index contributed by atoms with van der Waals surface area (Å²) in [4.78, 5) is 30.9. The third kappa shape index (κ3) is 3.44. The van der Waals surface area contributed by atoms with Crippen LogP contribution in [0, 0.1) is 0 Å². The average molecular weight is 440 g/mol. The number of rotatable bonds is 5. The van der Waals surface area contributed by atoms with Crippen LogP contribution < -0.4 is 24.6 Å². The molecule has 0 unspecified atom stereocenters. The Kier molecular flexibility index (Phi) is 5.69. The molecule has 2 heterocycles. The van der Waals surface area contributed by atoms with Gasteiger partial charge >= 0.3 is 11.3 Å². The van der Waals surface area contributed by atoms with Crippen LogP contribution in [0.2, 0.25) is 0 Å². The summed E-state index contributed by atoms with van der Waals surface area (Å²) in [6.07, 6.45) is 1.39. The van der Waals surface area contributed by atoms with E-state index in [1.165, 1.54) is 11.8 Å².